The van der Waals surface area contributed by atoms with Gasteiger partial charge in [-0.3, -0.25) is 9.55 Å². The van der Waals surface area contributed by atoms with Crippen molar-refractivity contribution in [3.8, 4) is 67.5 Å². The predicted octanol–water partition coefficient (Wildman–Crippen LogP) is 13.2. The molecule has 56 heavy (non-hydrogen) atoms. The molecule has 1 N–H and O–H groups in total. The summed E-state index contributed by atoms with van der Waals surface area (Å²) >= 11 is 0. The summed E-state index contributed by atoms with van der Waals surface area (Å²) in [6.45, 7) is 10.1. The second-order valence-electron chi connectivity index (χ2n) is 15.9. The maximum atomic E-state index is 11.4. The second-order valence-corrected chi connectivity index (χ2v) is 15.9. The predicted molar refractivity (Wildman–Crippen MR) is 229 cm³/mol. The van der Waals surface area contributed by atoms with Crippen molar-refractivity contribution in [1.82, 2.24) is 14.5 Å². The van der Waals surface area contributed by atoms with Crippen LogP contribution in [0.5, 0.6) is 5.75 Å². The summed E-state index contributed by atoms with van der Waals surface area (Å²) in [4.78, 5) is 10.1. The van der Waals surface area contributed by atoms with Crippen LogP contribution in [0.2, 0.25) is 0 Å². The van der Waals surface area contributed by atoms with E-state index < -0.39 is 36.6 Å². The fourth-order valence-electron chi connectivity index (χ4n) is 6.96. The molecule has 0 unspecified atom stereocenters. The molecule has 2 aromatic heterocycles. The summed E-state index contributed by atoms with van der Waals surface area (Å²) < 4.78 is 60.5. The van der Waals surface area contributed by atoms with Crippen LogP contribution in [-0.4, -0.2) is 19.6 Å². The smallest absolute Gasteiger partial charge is 0.148 e. The number of aromatic hydroxyl groups is 1. The maximum absolute atomic E-state index is 11.4. The average molecular weight is 919 g/mol. The summed E-state index contributed by atoms with van der Waals surface area (Å²) in [5.74, 6) is 0.661. The van der Waals surface area contributed by atoms with Gasteiger partial charge in [-0.25, -0.2) is 4.98 Å². The molecular formula is C51H46N3OPt-. The Hall–Kier alpha value is -5.57. The van der Waals surface area contributed by atoms with Crippen LogP contribution in [0.1, 0.15) is 67.8 Å². The molecule has 0 radical (unpaired) electrons. The van der Waals surface area contributed by atoms with Gasteiger partial charge in [0.25, 0.3) is 0 Å². The van der Waals surface area contributed by atoms with Crippen LogP contribution in [0.25, 0.3) is 72.7 Å². The molecule has 8 rings (SSSR count). The van der Waals surface area contributed by atoms with Crippen molar-refractivity contribution >= 4 is 11.0 Å². The standard InChI is InChI=1S/C51H46N3O.Pt/c1-33-15-13-18-35(27-33)36-25-26-52-44(31-36)38-28-37(29-40(30-38)51(5,6)7)41-20-14-21-46-48(41)53-49(42-19-11-12-22-47(42)55)54(46)45-24-23-39(50(2,3)4)32-43(45)34-16-9-8-10-17-34;/h8-27,29-32,55H,1-7H3;/q-1;/i1D3,13D,15D,18D,27D;. The number of imidazole rings is 1. The molecule has 282 valence electrons. The molecule has 8 aromatic rings. The Morgan fingerprint density at radius 2 is 1.41 bits per heavy atom. The van der Waals surface area contributed by atoms with Gasteiger partial charge in [-0.05, 0) is 76.3 Å². The third-order valence-corrected chi connectivity index (χ3v) is 9.99. The molecule has 2 heterocycles. The Bertz CT molecular complexity index is 3040. The molecule has 0 bridgehead atoms. The molecule has 0 fully saturated rings. The van der Waals surface area contributed by atoms with E-state index in [1.54, 1.807) is 24.3 Å². The molecule has 0 aliphatic carbocycles. The second kappa shape index (κ2) is 15.2. The number of hydrogen-bond acceptors (Lipinski definition) is 3. The number of hydrogen-bond donors (Lipinski definition) is 1. The van der Waals surface area contributed by atoms with E-state index in [4.69, 9.17) is 19.6 Å². The maximum Gasteiger partial charge on any atom is 0.148 e. The largest absolute Gasteiger partial charge is 0.507 e. The van der Waals surface area contributed by atoms with Gasteiger partial charge in [0.15, 0.2) is 0 Å². The van der Waals surface area contributed by atoms with Crippen LogP contribution < -0.4 is 0 Å². The summed E-state index contributed by atoms with van der Waals surface area (Å²) in [5, 5.41) is 11.4. The van der Waals surface area contributed by atoms with Gasteiger partial charge in [-0.1, -0.05) is 149 Å². The zero-order valence-corrected chi connectivity index (χ0v) is 34.4. The third-order valence-electron chi connectivity index (χ3n) is 9.99. The van der Waals surface area contributed by atoms with Gasteiger partial charge in [0.1, 0.15) is 11.6 Å². The van der Waals surface area contributed by atoms with E-state index in [0.717, 1.165) is 39.0 Å². The van der Waals surface area contributed by atoms with Crippen molar-refractivity contribution in [2.45, 2.75) is 59.2 Å². The molecule has 0 atom stereocenters. The topological polar surface area (TPSA) is 50.9 Å². The van der Waals surface area contributed by atoms with E-state index >= 15 is 0 Å². The van der Waals surface area contributed by atoms with Gasteiger partial charge in [-0.15, -0.1) is 29.3 Å². The normalized spacial score (nSPS) is 13.8. The number of aromatic nitrogens is 3. The number of rotatable bonds is 6. The van der Waals surface area contributed by atoms with Gasteiger partial charge in [0, 0.05) is 42.6 Å². The SMILES string of the molecule is [2H]c1c([2H])c(-c2ccnc(-c3[c-]c(-c4cccc5c4nc(-c4ccccc4O)n5-c4ccc(C(C)(C)C)cc4-c4ccccc4)cc(C(C)(C)C)c3)c2)c([2H])c(C([2H])([2H])[2H])c1[2H].[Pt]. The summed E-state index contributed by atoms with van der Waals surface area (Å²) in [5.41, 5.74) is 9.08. The van der Waals surface area contributed by atoms with E-state index in [-0.39, 0.29) is 43.2 Å². The number of nitrogens with zero attached hydrogens (tertiary/aromatic N) is 3. The van der Waals surface area contributed by atoms with Crippen LogP contribution in [0, 0.1) is 12.9 Å². The van der Waals surface area contributed by atoms with E-state index in [1.165, 1.54) is 11.8 Å². The van der Waals surface area contributed by atoms with Crippen molar-refractivity contribution in [2.75, 3.05) is 0 Å². The first kappa shape index (κ1) is 30.6. The minimum atomic E-state index is -2.82. The number of pyridine rings is 1. The third kappa shape index (κ3) is 7.51. The summed E-state index contributed by atoms with van der Waals surface area (Å²) in [6, 6.07) is 39.0. The monoisotopic (exact) mass is 918 g/mol. The Morgan fingerprint density at radius 1 is 0.679 bits per heavy atom. The average Bonchev–Trinajstić information content (AvgIpc) is 3.61. The number of para-hydroxylation sites is 2. The minimum absolute atomic E-state index is 0. The molecule has 0 amide bonds. The molecule has 6 aromatic carbocycles. The molecule has 0 spiro atoms. The van der Waals surface area contributed by atoms with Crippen LogP contribution in [0.3, 0.4) is 0 Å². The van der Waals surface area contributed by atoms with Crippen molar-refractivity contribution < 1.29 is 35.8 Å². The van der Waals surface area contributed by atoms with Gasteiger partial charge in [-0.2, -0.15) is 0 Å². The van der Waals surface area contributed by atoms with Crippen molar-refractivity contribution in [1.29, 1.82) is 0 Å². The van der Waals surface area contributed by atoms with Crippen molar-refractivity contribution in [2.24, 2.45) is 0 Å². The molecule has 0 aliphatic heterocycles. The number of benzene rings is 6. The van der Waals surface area contributed by atoms with Crippen LogP contribution in [0.15, 0.2) is 146 Å². The Balaban J connectivity index is 0.00000595. The molecular weight excluding hydrogens is 866 g/mol. The number of phenols is 1. The van der Waals surface area contributed by atoms with Crippen LogP contribution in [0.4, 0.5) is 0 Å². The minimum Gasteiger partial charge on any atom is -0.507 e. The first-order valence-corrected chi connectivity index (χ1v) is 18.4. The zero-order valence-electron chi connectivity index (χ0n) is 39.2. The fraction of sp³-hybridized carbons (Fsp3) is 0.176. The van der Waals surface area contributed by atoms with Crippen molar-refractivity contribution in [3.63, 3.8) is 0 Å². The number of fused-ring (bicyclic) bond motifs is 1. The van der Waals surface area contributed by atoms with Crippen LogP contribution in [-0.2, 0) is 31.9 Å². The molecule has 4 nitrogen and oxygen atoms in total. The molecule has 0 aliphatic rings. The Labute approximate surface area is 355 Å². The molecule has 0 saturated carbocycles. The Kier molecular flexibility index (Phi) is 8.29. The summed E-state index contributed by atoms with van der Waals surface area (Å²) in [7, 11) is 0. The van der Waals surface area contributed by atoms with E-state index in [9.17, 15) is 5.11 Å². The fourth-order valence-corrected chi connectivity index (χ4v) is 6.96. The summed E-state index contributed by atoms with van der Waals surface area (Å²) in [6.07, 6.45) is 1.53. The van der Waals surface area contributed by atoms with Gasteiger partial charge >= 0.3 is 0 Å². The van der Waals surface area contributed by atoms with Crippen molar-refractivity contribution in [3.05, 3.63) is 168 Å². The first-order chi connectivity index (χ1) is 29.2. The molecule has 5 heteroatoms. The van der Waals surface area contributed by atoms with Gasteiger partial charge < -0.3 is 5.11 Å². The quantitative estimate of drug-likeness (QED) is 0.169. The van der Waals surface area contributed by atoms with E-state index in [1.807, 2.05) is 54.6 Å². The molecule has 0 saturated heterocycles. The first-order valence-electron chi connectivity index (χ1n) is 21.9. The van der Waals surface area contributed by atoms with E-state index in [0.29, 0.717) is 33.7 Å². The number of phenolic OH excluding ortho intramolecular Hbond substituents is 1. The zero-order chi connectivity index (χ0) is 44.5. The van der Waals surface area contributed by atoms with E-state index in [2.05, 4.69) is 88.6 Å². The van der Waals surface area contributed by atoms with Gasteiger partial charge in [0.2, 0.25) is 0 Å². The Morgan fingerprint density at radius 3 is 2.16 bits per heavy atom. The van der Waals surface area contributed by atoms with Gasteiger partial charge in [0.05, 0.1) is 27.8 Å². The van der Waals surface area contributed by atoms with Crippen LogP contribution >= 0.6 is 0 Å².